The highest BCUT2D eigenvalue weighted by Gasteiger charge is 2.38. The van der Waals surface area contributed by atoms with Crippen LogP contribution in [0.4, 0.5) is 13.2 Å². The lowest BCUT2D eigenvalue weighted by molar-refractivity contribution is -0.122. The highest BCUT2D eigenvalue weighted by atomic mass is 32.1. The molecule has 4 nitrogen and oxygen atoms in total. The number of hydrazone groups is 1. The fraction of sp³-hybridized carbons (Fsp3) is 0.417. The van der Waals surface area contributed by atoms with Crippen molar-refractivity contribution in [3.63, 3.8) is 0 Å². The number of hydrogen-bond acceptors (Lipinski definition) is 4. The van der Waals surface area contributed by atoms with Gasteiger partial charge in [0.2, 0.25) is 5.91 Å². The smallest absolute Gasteiger partial charge is 0.293 e. The molecule has 0 unspecified atom stereocenters. The molecule has 0 aliphatic heterocycles. The molecule has 1 aromatic rings. The zero-order chi connectivity index (χ0) is 14.8. The Balaban J connectivity index is 2.05. The Morgan fingerprint density at radius 1 is 1.40 bits per heavy atom. The SMILES string of the molecule is O=C(C/C(=N\NC(=O)C1CC1)C(F)(F)F)c1cccs1. The molecular formula is C12H11F3N2O2S. The van der Waals surface area contributed by atoms with Crippen molar-refractivity contribution in [3.8, 4) is 0 Å². The first-order chi connectivity index (χ1) is 9.38. The van der Waals surface area contributed by atoms with Crippen LogP contribution < -0.4 is 5.43 Å². The molecule has 1 amide bonds. The lowest BCUT2D eigenvalue weighted by atomic mass is 10.1. The zero-order valence-electron chi connectivity index (χ0n) is 10.2. The fourth-order valence-corrected chi connectivity index (χ4v) is 2.10. The van der Waals surface area contributed by atoms with Gasteiger partial charge in [-0.25, -0.2) is 5.43 Å². The predicted octanol–water partition coefficient (Wildman–Crippen LogP) is 2.77. The van der Waals surface area contributed by atoms with Crippen molar-refractivity contribution in [2.24, 2.45) is 11.0 Å². The largest absolute Gasteiger partial charge is 0.431 e. The second-order valence-electron chi connectivity index (χ2n) is 4.38. The Morgan fingerprint density at radius 2 is 2.10 bits per heavy atom. The van der Waals surface area contributed by atoms with Crippen LogP contribution in [0.5, 0.6) is 0 Å². The van der Waals surface area contributed by atoms with Crippen LogP contribution >= 0.6 is 11.3 Å². The number of carbonyl (C=O) groups excluding carboxylic acids is 2. The molecule has 0 aromatic carbocycles. The molecule has 0 atom stereocenters. The van der Waals surface area contributed by atoms with E-state index in [-0.39, 0.29) is 10.8 Å². The van der Waals surface area contributed by atoms with Gasteiger partial charge in [-0.15, -0.1) is 11.3 Å². The Labute approximate surface area is 116 Å². The van der Waals surface area contributed by atoms with E-state index in [4.69, 9.17) is 0 Å². The molecule has 1 aliphatic carbocycles. The Morgan fingerprint density at radius 3 is 2.60 bits per heavy atom. The number of Topliss-reactive ketones (excluding diaryl/α,β-unsaturated/α-hetero) is 1. The summed E-state index contributed by atoms with van der Waals surface area (Å²) in [5, 5.41) is 4.69. The van der Waals surface area contributed by atoms with E-state index in [1.54, 1.807) is 11.4 Å². The van der Waals surface area contributed by atoms with Crippen LogP contribution in [0.3, 0.4) is 0 Å². The number of amides is 1. The van der Waals surface area contributed by atoms with Gasteiger partial charge < -0.3 is 0 Å². The van der Waals surface area contributed by atoms with E-state index < -0.39 is 30.0 Å². The summed E-state index contributed by atoms with van der Waals surface area (Å²) >= 11 is 1.06. The number of carbonyl (C=O) groups is 2. The average Bonchev–Trinajstić information content (AvgIpc) is 3.07. The summed E-state index contributed by atoms with van der Waals surface area (Å²) in [5.41, 5.74) is 0.595. The van der Waals surface area contributed by atoms with E-state index in [0.717, 1.165) is 11.3 Å². The molecule has 0 spiro atoms. The maximum absolute atomic E-state index is 12.8. The van der Waals surface area contributed by atoms with Crippen LogP contribution in [-0.4, -0.2) is 23.6 Å². The van der Waals surface area contributed by atoms with Gasteiger partial charge in [0.05, 0.1) is 11.3 Å². The van der Waals surface area contributed by atoms with E-state index >= 15 is 0 Å². The molecule has 1 N–H and O–H groups in total. The van der Waals surface area contributed by atoms with Crippen molar-refractivity contribution < 1.29 is 22.8 Å². The number of hydrogen-bond donors (Lipinski definition) is 1. The van der Waals surface area contributed by atoms with Gasteiger partial charge in [0.1, 0.15) is 5.71 Å². The molecule has 1 saturated carbocycles. The molecule has 0 bridgehead atoms. The van der Waals surface area contributed by atoms with Crippen LogP contribution in [0.15, 0.2) is 22.6 Å². The van der Waals surface area contributed by atoms with Crippen molar-refractivity contribution in [2.45, 2.75) is 25.4 Å². The van der Waals surface area contributed by atoms with Crippen molar-refractivity contribution in [3.05, 3.63) is 22.4 Å². The topological polar surface area (TPSA) is 58.5 Å². The number of nitrogens with one attached hydrogen (secondary N) is 1. The van der Waals surface area contributed by atoms with Crippen molar-refractivity contribution in [1.29, 1.82) is 0 Å². The van der Waals surface area contributed by atoms with Gasteiger partial charge in [0, 0.05) is 5.92 Å². The van der Waals surface area contributed by atoms with E-state index in [2.05, 4.69) is 5.10 Å². The first-order valence-corrected chi connectivity index (χ1v) is 6.76. The maximum atomic E-state index is 12.8. The molecule has 2 rings (SSSR count). The summed E-state index contributed by atoms with van der Waals surface area (Å²) in [6.45, 7) is 0. The van der Waals surface area contributed by atoms with Crippen LogP contribution in [0.25, 0.3) is 0 Å². The monoisotopic (exact) mass is 304 g/mol. The fourth-order valence-electron chi connectivity index (χ4n) is 1.44. The van der Waals surface area contributed by atoms with E-state index in [1.165, 1.54) is 6.07 Å². The van der Waals surface area contributed by atoms with Crippen LogP contribution in [0.2, 0.25) is 0 Å². The van der Waals surface area contributed by atoms with Crippen molar-refractivity contribution in [1.82, 2.24) is 5.43 Å². The third kappa shape index (κ3) is 3.89. The summed E-state index contributed by atoms with van der Waals surface area (Å²) in [5.74, 6) is -1.45. The summed E-state index contributed by atoms with van der Waals surface area (Å²) in [6, 6.07) is 3.03. The van der Waals surface area contributed by atoms with Gasteiger partial charge in [-0.3, -0.25) is 9.59 Å². The Kier molecular flexibility index (Phi) is 4.22. The second-order valence-corrected chi connectivity index (χ2v) is 5.33. The molecule has 1 aromatic heterocycles. The molecule has 20 heavy (non-hydrogen) atoms. The number of ketones is 1. The first-order valence-electron chi connectivity index (χ1n) is 5.88. The van der Waals surface area contributed by atoms with Crippen molar-refractivity contribution >= 4 is 28.7 Å². The van der Waals surface area contributed by atoms with Crippen LogP contribution in [0, 0.1) is 5.92 Å². The van der Waals surface area contributed by atoms with Crippen molar-refractivity contribution in [2.75, 3.05) is 0 Å². The van der Waals surface area contributed by atoms with E-state index in [0.29, 0.717) is 12.8 Å². The highest BCUT2D eigenvalue weighted by Crippen LogP contribution is 2.29. The van der Waals surface area contributed by atoms with Gasteiger partial charge in [-0.1, -0.05) is 6.07 Å². The van der Waals surface area contributed by atoms with Gasteiger partial charge in [-0.2, -0.15) is 18.3 Å². The average molecular weight is 304 g/mol. The van der Waals surface area contributed by atoms with Gasteiger partial charge in [0.15, 0.2) is 5.78 Å². The molecule has 1 aliphatic rings. The molecule has 108 valence electrons. The number of halogens is 3. The van der Waals surface area contributed by atoms with Crippen LogP contribution in [0.1, 0.15) is 28.9 Å². The summed E-state index contributed by atoms with van der Waals surface area (Å²) in [7, 11) is 0. The summed E-state index contributed by atoms with van der Waals surface area (Å²) in [6.07, 6.45) is -4.30. The van der Waals surface area contributed by atoms with Gasteiger partial charge in [0.25, 0.3) is 0 Å². The lowest BCUT2D eigenvalue weighted by Gasteiger charge is -2.09. The van der Waals surface area contributed by atoms with E-state index in [9.17, 15) is 22.8 Å². The number of rotatable bonds is 5. The van der Waals surface area contributed by atoms with Gasteiger partial charge in [-0.05, 0) is 24.3 Å². The minimum absolute atomic E-state index is 0.232. The third-order valence-electron chi connectivity index (χ3n) is 2.70. The normalized spacial score (nSPS) is 16.1. The summed E-state index contributed by atoms with van der Waals surface area (Å²) < 4.78 is 38.3. The number of thiophene rings is 1. The van der Waals surface area contributed by atoms with E-state index in [1.807, 2.05) is 5.43 Å². The molecule has 0 radical (unpaired) electrons. The number of nitrogens with zero attached hydrogens (tertiary/aromatic N) is 1. The number of alkyl halides is 3. The molecule has 8 heteroatoms. The Bertz CT molecular complexity index is 533. The quantitative estimate of drug-likeness (QED) is 0.516. The lowest BCUT2D eigenvalue weighted by Crippen LogP contribution is -2.30. The minimum Gasteiger partial charge on any atom is -0.293 e. The molecular weight excluding hydrogens is 293 g/mol. The first kappa shape index (κ1) is 14.7. The predicted molar refractivity (Wildman–Crippen MR) is 67.6 cm³/mol. The molecule has 0 saturated heterocycles. The molecule has 1 heterocycles. The standard InChI is InChI=1S/C12H11F3N2O2S/c13-12(14,15)10(16-17-11(19)7-3-4-7)6-8(18)9-2-1-5-20-9/h1-2,5,7H,3-4,6H2,(H,17,19)/b16-10+. The van der Waals surface area contributed by atoms with Gasteiger partial charge >= 0.3 is 6.18 Å². The maximum Gasteiger partial charge on any atom is 0.431 e. The highest BCUT2D eigenvalue weighted by molar-refractivity contribution is 7.12. The Hall–Kier alpha value is -1.70. The summed E-state index contributed by atoms with van der Waals surface area (Å²) in [4.78, 5) is 23.2. The van der Waals surface area contributed by atoms with Crippen LogP contribution in [-0.2, 0) is 4.79 Å². The molecule has 1 fully saturated rings. The zero-order valence-corrected chi connectivity index (χ0v) is 11.1. The second kappa shape index (κ2) is 5.74. The minimum atomic E-state index is -4.75. The third-order valence-corrected chi connectivity index (χ3v) is 3.61.